The van der Waals surface area contributed by atoms with E-state index in [4.69, 9.17) is 43.6 Å². The van der Waals surface area contributed by atoms with E-state index in [1.54, 1.807) is 27.7 Å². The van der Waals surface area contributed by atoms with Gasteiger partial charge in [-0.15, -0.1) is 0 Å². The molecule has 0 aromatic heterocycles. The van der Waals surface area contributed by atoms with E-state index in [9.17, 15) is 45.6 Å². The Labute approximate surface area is 316 Å². The molecule has 54 heavy (non-hydrogen) atoms. The minimum Gasteiger partial charge on any atom is -0.394 e. The van der Waals surface area contributed by atoms with Gasteiger partial charge in [-0.2, -0.15) is 0 Å². The summed E-state index contributed by atoms with van der Waals surface area (Å²) in [7, 11) is 0. The second-order valence-electron chi connectivity index (χ2n) is 14.4. The van der Waals surface area contributed by atoms with E-state index in [-0.39, 0.29) is 38.8 Å². The van der Waals surface area contributed by atoms with Crippen molar-refractivity contribution in [2.24, 2.45) is 11.7 Å². The highest BCUT2D eigenvalue weighted by Gasteiger charge is 2.55. The molecule has 3 saturated heterocycles. The van der Waals surface area contributed by atoms with Gasteiger partial charge in [0, 0.05) is 25.6 Å². The maximum Gasteiger partial charge on any atom is 0.234 e. The highest BCUT2D eigenvalue weighted by atomic mass is 16.7. The van der Waals surface area contributed by atoms with E-state index >= 15 is 0 Å². The van der Waals surface area contributed by atoms with Crippen LogP contribution >= 0.6 is 0 Å². The molecule has 0 aromatic rings. The highest BCUT2D eigenvalue weighted by molar-refractivity contribution is 5.77. The van der Waals surface area contributed by atoms with Crippen LogP contribution < -0.4 is 16.4 Å². The molecule has 0 saturated carbocycles. The van der Waals surface area contributed by atoms with Crippen molar-refractivity contribution in [3.63, 3.8) is 0 Å². The van der Waals surface area contributed by atoms with Crippen molar-refractivity contribution in [2.75, 3.05) is 65.8 Å². The Balaban J connectivity index is 1.69. The number of nitrogens with one attached hydrogen (secondary N) is 2. The van der Waals surface area contributed by atoms with Crippen molar-refractivity contribution >= 4 is 5.91 Å². The van der Waals surface area contributed by atoms with Crippen molar-refractivity contribution in [3.05, 3.63) is 0 Å². The zero-order valence-electron chi connectivity index (χ0n) is 31.8. The van der Waals surface area contributed by atoms with Gasteiger partial charge in [0.1, 0.15) is 61.0 Å². The summed E-state index contributed by atoms with van der Waals surface area (Å²) in [6, 6.07) is 0. The molecule has 3 fully saturated rings. The molecule has 10 unspecified atom stereocenters. The van der Waals surface area contributed by atoms with Gasteiger partial charge in [-0.25, -0.2) is 0 Å². The van der Waals surface area contributed by atoms with Crippen LogP contribution in [0.4, 0.5) is 0 Å². The summed E-state index contributed by atoms with van der Waals surface area (Å²) in [6.07, 6.45) is -19.4. The molecular formula is C34H65N3O17. The molecule has 0 aromatic carbocycles. The Kier molecular flexibility index (Phi) is 19.7. The first-order valence-electron chi connectivity index (χ1n) is 18.7. The van der Waals surface area contributed by atoms with Gasteiger partial charge >= 0.3 is 0 Å². The molecular weight excluding hydrogens is 722 g/mol. The molecule has 3 aliphatic heterocycles. The molecule has 16 atom stereocenters. The number of aliphatic hydroxyl groups excluding tert-OH is 8. The molecule has 3 heterocycles. The summed E-state index contributed by atoms with van der Waals surface area (Å²) in [5.74, 6) is -0.919. The summed E-state index contributed by atoms with van der Waals surface area (Å²) in [6.45, 7) is 8.39. The largest absolute Gasteiger partial charge is 0.394 e. The van der Waals surface area contributed by atoms with Gasteiger partial charge in [0.25, 0.3) is 0 Å². The van der Waals surface area contributed by atoms with Gasteiger partial charge in [0.05, 0.1) is 70.1 Å². The number of aliphatic hydroxyl groups is 8. The number of carbonyl (C=O) groups is 1. The molecule has 318 valence electrons. The smallest absolute Gasteiger partial charge is 0.234 e. The fourth-order valence-corrected chi connectivity index (χ4v) is 6.56. The Morgan fingerprint density at radius 2 is 1.41 bits per heavy atom. The molecule has 0 aliphatic carbocycles. The molecule has 20 nitrogen and oxygen atoms in total. The number of ether oxygens (including phenoxy) is 8. The lowest BCUT2D eigenvalue weighted by Gasteiger charge is -2.50. The number of amides is 1. The van der Waals surface area contributed by atoms with Crippen LogP contribution in [0.15, 0.2) is 0 Å². The fourth-order valence-electron chi connectivity index (χ4n) is 6.56. The number of nitrogens with two attached hydrogens (primary N) is 1. The molecule has 3 rings (SSSR count). The average molecular weight is 788 g/mol. The van der Waals surface area contributed by atoms with Gasteiger partial charge < -0.3 is 95.1 Å². The lowest BCUT2D eigenvalue weighted by molar-refractivity contribution is -0.374. The van der Waals surface area contributed by atoms with Crippen molar-refractivity contribution in [1.82, 2.24) is 10.6 Å². The van der Waals surface area contributed by atoms with Crippen LogP contribution in [0.5, 0.6) is 0 Å². The summed E-state index contributed by atoms with van der Waals surface area (Å²) in [5, 5.41) is 91.4. The second-order valence-corrected chi connectivity index (χ2v) is 14.4. The quantitative estimate of drug-likeness (QED) is 0.0458. The Hall–Kier alpha value is -1.25. The third-order valence-electron chi connectivity index (χ3n) is 10.0. The van der Waals surface area contributed by atoms with Crippen LogP contribution in [0.1, 0.15) is 41.0 Å². The molecule has 0 bridgehead atoms. The third-order valence-corrected chi connectivity index (χ3v) is 10.0. The first kappa shape index (κ1) is 47.1. The number of rotatable bonds is 22. The average Bonchev–Trinajstić information content (AvgIpc) is 3.14. The SMILES string of the molecule is CCC(C)OC1C(O)[C@H](O)C(CO)O[C@@H]1OC1C(O)[C@@H](OC2C(O)[C@@H](C(C)(C)OCCOCCNC(=O)CNCCN)OC(CO)[C@@H]2O)OC(CO)[C@@H]1C. The van der Waals surface area contributed by atoms with E-state index in [1.807, 2.05) is 6.92 Å². The summed E-state index contributed by atoms with van der Waals surface area (Å²) in [5.41, 5.74) is 4.15. The number of carbonyl (C=O) groups excluding carboxylic acids is 1. The fraction of sp³-hybridized carbons (Fsp3) is 0.971. The predicted molar refractivity (Wildman–Crippen MR) is 187 cm³/mol. The Morgan fingerprint density at radius 3 is 2.04 bits per heavy atom. The summed E-state index contributed by atoms with van der Waals surface area (Å²) < 4.78 is 47.3. The van der Waals surface area contributed by atoms with Gasteiger partial charge in [-0.1, -0.05) is 13.8 Å². The maximum atomic E-state index is 11.8. The summed E-state index contributed by atoms with van der Waals surface area (Å²) >= 11 is 0. The lowest BCUT2D eigenvalue weighted by atomic mass is 9.86. The standard InChI is InChI=1S/C34H65N3O17/c1-6-17(2)49-30-25(44)23(42)20(15-39)52-33(30)53-28-18(3)19(14-38)51-32(27(28)46)54-29-24(43)21(16-40)50-31(26(29)45)34(4,5)48-12-11-47-10-9-37-22(41)13-36-8-7-35/h17-21,23-33,36,38-40,42-46H,6-16,35H2,1-5H3,(H,37,41)/t17?,18-,19?,20?,21?,23+,24-,25?,26?,27?,28?,29?,30?,31-,32+,33+/m0/s1. The van der Waals surface area contributed by atoms with Crippen LogP contribution in [-0.4, -0.2) is 210 Å². The van der Waals surface area contributed by atoms with Crippen molar-refractivity contribution in [2.45, 2.75) is 139 Å². The minimum absolute atomic E-state index is 0.0524. The van der Waals surface area contributed by atoms with Crippen molar-refractivity contribution in [1.29, 1.82) is 0 Å². The normalized spacial score (nSPS) is 38.3. The van der Waals surface area contributed by atoms with Gasteiger partial charge in [0.2, 0.25) is 5.91 Å². The molecule has 0 spiro atoms. The molecule has 12 N–H and O–H groups in total. The Bertz CT molecular complexity index is 1080. The van der Waals surface area contributed by atoms with E-state index in [0.29, 0.717) is 19.5 Å². The monoisotopic (exact) mass is 787 g/mol. The topological polar surface area (TPSA) is 303 Å². The Morgan fingerprint density at radius 1 is 0.778 bits per heavy atom. The second kappa shape index (κ2) is 22.6. The molecule has 1 amide bonds. The third kappa shape index (κ3) is 12.4. The van der Waals surface area contributed by atoms with Crippen molar-refractivity contribution < 1.29 is 83.5 Å². The minimum atomic E-state index is -1.64. The zero-order valence-corrected chi connectivity index (χ0v) is 31.8. The van der Waals surface area contributed by atoms with Crippen LogP contribution in [0.3, 0.4) is 0 Å². The van der Waals surface area contributed by atoms with Crippen LogP contribution in [-0.2, 0) is 42.7 Å². The zero-order chi connectivity index (χ0) is 40.2. The van der Waals surface area contributed by atoms with Crippen molar-refractivity contribution in [3.8, 4) is 0 Å². The van der Waals surface area contributed by atoms with Crippen LogP contribution in [0.25, 0.3) is 0 Å². The predicted octanol–water partition coefficient (Wildman–Crippen LogP) is -4.95. The maximum absolute atomic E-state index is 11.8. The van der Waals surface area contributed by atoms with Gasteiger partial charge in [-0.3, -0.25) is 4.79 Å². The number of hydrogen-bond acceptors (Lipinski definition) is 19. The molecule has 3 aliphatic rings. The first-order valence-corrected chi connectivity index (χ1v) is 18.7. The number of hydrogen-bond donors (Lipinski definition) is 11. The van der Waals surface area contributed by atoms with Gasteiger partial charge in [0.15, 0.2) is 12.6 Å². The molecule has 0 radical (unpaired) electrons. The summed E-state index contributed by atoms with van der Waals surface area (Å²) in [4.78, 5) is 11.8. The van der Waals surface area contributed by atoms with E-state index in [0.717, 1.165) is 0 Å². The van der Waals surface area contributed by atoms with Crippen LogP contribution in [0, 0.1) is 5.92 Å². The lowest BCUT2D eigenvalue weighted by Crippen LogP contribution is -2.67. The molecule has 20 heteroatoms. The van der Waals surface area contributed by atoms with E-state index < -0.39 is 123 Å². The highest BCUT2D eigenvalue weighted by Crippen LogP contribution is 2.37. The van der Waals surface area contributed by atoms with Gasteiger partial charge in [-0.05, 0) is 27.2 Å². The first-order chi connectivity index (χ1) is 25.6. The van der Waals surface area contributed by atoms with E-state index in [1.165, 1.54) is 0 Å². The van der Waals surface area contributed by atoms with Crippen LogP contribution in [0.2, 0.25) is 0 Å². The van der Waals surface area contributed by atoms with E-state index in [2.05, 4.69) is 10.6 Å².